The molecule has 0 aromatic heterocycles. The Hall–Kier alpha value is -2.61. The zero-order chi connectivity index (χ0) is 27.6. The van der Waals surface area contributed by atoms with Crippen LogP contribution >= 0.6 is 23.2 Å². The van der Waals surface area contributed by atoms with Gasteiger partial charge >= 0.3 is 10.1 Å². The number of ether oxygens (including phenoxy) is 1. The molecule has 0 radical (unpaired) electrons. The fourth-order valence-corrected chi connectivity index (χ4v) is 7.20. The van der Waals surface area contributed by atoms with Crippen LogP contribution in [0.3, 0.4) is 0 Å². The zero-order valence-corrected chi connectivity index (χ0v) is 23.9. The smallest absolute Gasteiger partial charge is 0.339 e. The van der Waals surface area contributed by atoms with Gasteiger partial charge in [-0.05, 0) is 35.1 Å². The molecule has 1 heterocycles. The summed E-state index contributed by atoms with van der Waals surface area (Å²) in [4.78, 5) is 27.2. The first-order valence-electron chi connectivity index (χ1n) is 12.4. The van der Waals surface area contributed by atoms with E-state index in [1.54, 1.807) is 18.2 Å². The van der Waals surface area contributed by atoms with E-state index in [0.717, 1.165) is 0 Å². The molecule has 3 aliphatic rings. The third kappa shape index (κ3) is 4.92. The maximum Gasteiger partial charge on any atom is 0.339 e. The van der Waals surface area contributed by atoms with Crippen LogP contribution in [0, 0.1) is 10.8 Å². The summed E-state index contributed by atoms with van der Waals surface area (Å²) in [6.45, 7) is 7.96. The van der Waals surface area contributed by atoms with Crippen LogP contribution in [0.15, 0.2) is 70.0 Å². The lowest BCUT2D eigenvalue weighted by Crippen LogP contribution is -2.37. The van der Waals surface area contributed by atoms with E-state index in [4.69, 9.17) is 32.1 Å². The van der Waals surface area contributed by atoms with Crippen LogP contribution in [0.5, 0.6) is 5.75 Å². The van der Waals surface area contributed by atoms with E-state index in [1.807, 2.05) is 27.7 Å². The Morgan fingerprint density at radius 3 is 1.89 bits per heavy atom. The average molecular weight is 576 g/mol. The molecule has 0 saturated heterocycles. The van der Waals surface area contributed by atoms with Crippen LogP contribution in [0.4, 0.5) is 0 Å². The van der Waals surface area contributed by atoms with Crippen LogP contribution in [0.1, 0.15) is 64.9 Å². The highest BCUT2D eigenvalue weighted by molar-refractivity contribution is 7.87. The molecule has 200 valence electrons. The number of benzene rings is 2. The van der Waals surface area contributed by atoms with Gasteiger partial charge in [-0.25, -0.2) is 0 Å². The molecule has 2 aromatic carbocycles. The topological polar surface area (TPSA) is 86.7 Å². The van der Waals surface area contributed by atoms with E-state index in [9.17, 15) is 18.0 Å². The number of hydrogen-bond donors (Lipinski definition) is 0. The quantitative estimate of drug-likeness (QED) is 0.360. The molecule has 0 spiro atoms. The molecule has 1 aliphatic heterocycles. The summed E-state index contributed by atoms with van der Waals surface area (Å²) in [5.74, 6) is -0.433. The lowest BCUT2D eigenvalue weighted by Gasteiger charge is -2.43. The van der Waals surface area contributed by atoms with Gasteiger partial charge in [0.15, 0.2) is 17.3 Å². The number of allylic oxidation sites excluding steroid dienone is 4. The van der Waals surface area contributed by atoms with E-state index in [1.165, 1.54) is 24.3 Å². The molecule has 0 fully saturated rings. The largest absolute Gasteiger partial charge is 0.465 e. The number of Topliss-reactive ketones (excluding diaryl/α,β-unsaturated/α-hetero) is 2. The SMILES string of the molecule is CC1(C)CC(=O)C2=C(C1)OC1=C(C(=O)CC(C)(C)C1)C2c1cc(Cl)cc(Cl)c1OS(=O)(=O)c1ccccc1. The van der Waals surface area contributed by atoms with Crippen LogP contribution in [-0.2, 0) is 24.4 Å². The Bertz CT molecular complexity index is 1480. The third-order valence-corrected chi connectivity index (χ3v) is 8.89. The predicted octanol–water partition coefficient (Wildman–Crippen LogP) is 7.16. The second-order valence-electron chi connectivity index (χ2n) is 11.7. The summed E-state index contributed by atoms with van der Waals surface area (Å²) in [5.41, 5.74) is 0.225. The number of carbonyl (C=O) groups is 2. The van der Waals surface area contributed by atoms with Gasteiger partial charge in [-0.1, -0.05) is 69.1 Å². The monoisotopic (exact) mass is 574 g/mol. The molecular formula is C29H28Cl2O6S. The van der Waals surface area contributed by atoms with E-state index in [2.05, 4.69) is 0 Å². The number of halogens is 2. The highest BCUT2D eigenvalue weighted by Crippen LogP contribution is 2.55. The van der Waals surface area contributed by atoms with Crippen molar-refractivity contribution in [3.63, 3.8) is 0 Å². The van der Waals surface area contributed by atoms with Crippen molar-refractivity contribution in [2.24, 2.45) is 10.8 Å². The zero-order valence-electron chi connectivity index (χ0n) is 21.6. The molecule has 6 nitrogen and oxygen atoms in total. The normalized spacial score (nSPS) is 21.1. The Morgan fingerprint density at radius 2 is 1.37 bits per heavy atom. The average Bonchev–Trinajstić information content (AvgIpc) is 2.78. The van der Waals surface area contributed by atoms with Crippen molar-refractivity contribution in [3.05, 3.63) is 80.7 Å². The number of rotatable bonds is 4. The molecule has 0 amide bonds. The van der Waals surface area contributed by atoms with Crippen LogP contribution in [-0.4, -0.2) is 20.0 Å². The van der Waals surface area contributed by atoms with Crippen molar-refractivity contribution in [2.75, 3.05) is 0 Å². The first-order chi connectivity index (χ1) is 17.7. The van der Waals surface area contributed by atoms with Crippen LogP contribution < -0.4 is 4.18 Å². The van der Waals surface area contributed by atoms with E-state index >= 15 is 0 Å². The number of hydrogen-bond acceptors (Lipinski definition) is 6. The molecule has 0 atom stereocenters. The summed E-state index contributed by atoms with van der Waals surface area (Å²) >= 11 is 13.0. The summed E-state index contributed by atoms with van der Waals surface area (Å²) in [6, 6.07) is 10.6. The molecule has 0 N–H and O–H groups in total. The minimum atomic E-state index is -4.29. The standard InChI is InChI=1S/C29H28Cl2O6S/c1-28(2)12-20(32)25-22(14-28)36-23-15-29(3,4)13-21(33)26(23)24(25)18-10-16(30)11-19(31)27(18)37-38(34,35)17-8-6-5-7-9-17/h5-11,24H,12-15H2,1-4H3. The number of carbonyl (C=O) groups excluding carboxylic acids is 2. The van der Waals surface area contributed by atoms with Gasteiger partial charge in [-0.2, -0.15) is 8.42 Å². The van der Waals surface area contributed by atoms with Gasteiger partial charge in [-0.15, -0.1) is 0 Å². The van der Waals surface area contributed by atoms with Crippen molar-refractivity contribution < 1.29 is 26.9 Å². The van der Waals surface area contributed by atoms with Crippen molar-refractivity contribution in [3.8, 4) is 5.75 Å². The fourth-order valence-electron chi connectivity index (χ4n) is 5.61. The van der Waals surface area contributed by atoms with Gasteiger partial charge in [-0.3, -0.25) is 9.59 Å². The maximum atomic E-state index is 13.6. The summed E-state index contributed by atoms with van der Waals surface area (Å²) in [7, 11) is -4.29. The van der Waals surface area contributed by atoms with Crippen molar-refractivity contribution >= 4 is 44.9 Å². The highest BCUT2D eigenvalue weighted by atomic mass is 35.5. The Balaban J connectivity index is 1.75. The van der Waals surface area contributed by atoms with Crippen molar-refractivity contribution in [1.29, 1.82) is 0 Å². The van der Waals surface area contributed by atoms with Crippen molar-refractivity contribution in [2.45, 2.75) is 64.2 Å². The Labute approximate surface area is 232 Å². The highest BCUT2D eigenvalue weighted by Gasteiger charge is 2.49. The maximum absolute atomic E-state index is 13.6. The van der Waals surface area contributed by atoms with E-state index < -0.39 is 16.0 Å². The van der Waals surface area contributed by atoms with Gasteiger partial charge in [0.2, 0.25) is 0 Å². The van der Waals surface area contributed by atoms with Crippen LogP contribution in [0.25, 0.3) is 0 Å². The first kappa shape index (κ1) is 27.0. The van der Waals surface area contributed by atoms with Gasteiger partial charge in [0.05, 0.1) is 10.9 Å². The molecule has 2 aromatic rings. The molecule has 0 bridgehead atoms. The van der Waals surface area contributed by atoms with E-state index in [-0.39, 0.29) is 61.5 Å². The fraction of sp³-hybridized carbons (Fsp3) is 0.379. The minimum absolute atomic E-state index is 0.0463. The second-order valence-corrected chi connectivity index (χ2v) is 14.1. The van der Waals surface area contributed by atoms with E-state index in [0.29, 0.717) is 35.5 Å². The predicted molar refractivity (Wildman–Crippen MR) is 145 cm³/mol. The second kappa shape index (κ2) is 9.25. The van der Waals surface area contributed by atoms with Crippen molar-refractivity contribution in [1.82, 2.24) is 0 Å². The lowest BCUT2D eigenvalue weighted by atomic mass is 9.65. The molecule has 0 unspecified atom stereocenters. The van der Waals surface area contributed by atoms with Crippen LogP contribution in [0.2, 0.25) is 10.0 Å². The Kier molecular flexibility index (Phi) is 6.56. The van der Waals surface area contributed by atoms with Gasteiger partial charge in [0.25, 0.3) is 0 Å². The number of ketones is 2. The molecule has 38 heavy (non-hydrogen) atoms. The molecule has 5 rings (SSSR count). The summed E-state index contributed by atoms with van der Waals surface area (Å²) in [5, 5.41) is 0.174. The third-order valence-electron chi connectivity index (χ3n) is 7.15. The summed E-state index contributed by atoms with van der Waals surface area (Å²) < 4.78 is 38.4. The van der Waals surface area contributed by atoms with Gasteiger partial charge in [0.1, 0.15) is 16.4 Å². The molecular weight excluding hydrogens is 547 g/mol. The minimum Gasteiger partial charge on any atom is -0.465 e. The molecule has 2 aliphatic carbocycles. The molecule has 9 heteroatoms. The molecule has 0 saturated carbocycles. The first-order valence-corrected chi connectivity index (χ1v) is 14.5. The van der Waals surface area contributed by atoms with Gasteiger partial charge in [0, 0.05) is 47.4 Å². The summed E-state index contributed by atoms with van der Waals surface area (Å²) in [6.07, 6.45) is 1.48. The Morgan fingerprint density at radius 1 is 0.842 bits per heavy atom. The lowest BCUT2D eigenvalue weighted by molar-refractivity contribution is -0.120. The van der Waals surface area contributed by atoms with Gasteiger partial charge < -0.3 is 8.92 Å².